The van der Waals surface area contributed by atoms with Gasteiger partial charge in [-0.1, -0.05) is 36.8 Å². The van der Waals surface area contributed by atoms with Gasteiger partial charge in [-0.25, -0.2) is 8.78 Å². The van der Waals surface area contributed by atoms with Crippen molar-refractivity contribution in [3.05, 3.63) is 95.1 Å². The highest BCUT2D eigenvalue weighted by atomic mass is 19.1. The number of aliphatic hydroxyl groups excluding tert-OH is 1. The van der Waals surface area contributed by atoms with Gasteiger partial charge in [0, 0.05) is 12.1 Å². The normalized spacial score (nSPS) is 16.4. The predicted octanol–water partition coefficient (Wildman–Crippen LogP) is 6.51. The number of rotatable bonds is 11. The van der Waals surface area contributed by atoms with E-state index < -0.39 is 6.10 Å². The number of ether oxygens (including phenoxy) is 2. The highest BCUT2D eigenvalue weighted by molar-refractivity contribution is 5.43. The number of piperidine rings is 1. The van der Waals surface area contributed by atoms with Crippen LogP contribution in [0.1, 0.15) is 55.4 Å². The van der Waals surface area contributed by atoms with Crippen LogP contribution < -0.4 is 9.47 Å². The average Bonchev–Trinajstić information content (AvgIpc) is 2.90. The second-order valence-corrected chi connectivity index (χ2v) is 10.1. The van der Waals surface area contributed by atoms with Crippen LogP contribution >= 0.6 is 0 Å². The molecule has 1 saturated heterocycles. The Morgan fingerprint density at radius 1 is 0.892 bits per heavy atom. The number of hydrogen-bond acceptors (Lipinski definition) is 4. The maximum Gasteiger partial charge on any atom is 0.161 e. The Labute approximate surface area is 218 Å². The molecule has 3 aromatic rings. The molecule has 1 unspecified atom stereocenters. The van der Waals surface area contributed by atoms with E-state index in [2.05, 4.69) is 4.90 Å². The Morgan fingerprint density at radius 2 is 1.51 bits per heavy atom. The molecule has 4 nitrogen and oxygen atoms in total. The molecule has 0 spiro atoms. The van der Waals surface area contributed by atoms with Crippen LogP contribution in [0.5, 0.6) is 11.5 Å². The van der Waals surface area contributed by atoms with E-state index in [9.17, 15) is 13.9 Å². The summed E-state index contributed by atoms with van der Waals surface area (Å²) >= 11 is 0. The molecule has 6 heteroatoms. The summed E-state index contributed by atoms with van der Waals surface area (Å²) in [6, 6.07) is 19.1. The zero-order chi connectivity index (χ0) is 26.3. The SMILES string of the molecule is COc1cc(C(C)O)ccc1OCCCN1CCCCC1(Cc1ccc(F)cc1)Cc1ccc(F)cc1. The van der Waals surface area contributed by atoms with E-state index in [-0.39, 0.29) is 17.2 Å². The lowest BCUT2D eigenvalue weighted by molar-refractivity contribution is 0.0412. The summed E-state index contributed by atoms with van der Waals surface area (Å²) in [5.41, 5.74) is 2.86. The number of hydrogen-bond donors (Lipinski definition) is 1. The first kappa shape index (κ1) is 27.1. The lowest BCUT2D eigenvalue weighted by Gasteiger charge is -2.48. The molecule has 4 rings (SSSR count). The van der Waals surface area contributed by atoms with Crippen LogP contribution in [-0.2, 0) is 12.8 Å². The van der Waals surface area contributed by atoms with Crippen LogP contribution in [0.2, 0.25) is 0 Å². The van der Waals surface area contributed by atoms with E-state index >= 15 is 0 Å². The summed E-state index contributed by atoms with van der Waals surface area (Å²) in [6.07, 6.45) is 5.15. The molecule has 0 amide bonds. The van der Waals surface area contributed by atoms with Crippen molar-refractivity contribution in [1.29, 1.82) is 0 Å². The molecule has 0 aromatic heterocycles. The van der Waals surface area contributed by atoms with E-state index in [1.54, 1.807) is 20.1 Å². The van der Waals surface area contributed by atoms with Gasteiger partial charge in [-0.05, 0) is 98.7 Å². The van der Waals surface area contributed by atoms with E-state index in [0.29, 0.717) is 18.1 Å². The number of halogens is 2. The van der Waals surface area contributed by atoms with Crippen LogP contribution in [0.25, 0.3) is 0 Å². The van der Waals surface area contributed by atoms with Crippen molar-refractivity contribution in [2.75, 3.05) is 26.8 Å². The lowest BCUT2D eigenvalue weighted by Crippen LogP contribution is -2.55. The summed E-state index contributed by atoms with van der Waals surface area (Å²) in [5, 5.41) is 9.84. The molecule has 0 radical (unpaired) electrons. The van der Waals surface area contributed by atoms with E-state index in [1.165, 1.54) is 24.3 Å². The zero-order valence-corrected chi connectivity index (χ0v) is 21.8. The Bertz CT molecular complexity index is 1080. The molecular formula is C31H37F2NO3. The van der Waals surface area contributed by atoms with Gasteiger partial charge in [-0.15, -0.1) is 0 Å². The molecule has 198 valence electrons. The number of likely N-dealkylation sites (tertiary alicyclic amines) is 1. The molecule has 1 fully saturated rings. The topological polar surface area (TPSA) is 41.9 Å². The minimum Gasteiger partial charge on any atom is -0.493 e. The summed E-state index contributed by atoms with van der Waals surface area (Å²) in [7, 11) is 1.60. The second kappa shape index (κ2) is 12.5. The third-order valence-corrected chi connectivity index (χ3v) is 7.38. The van der Waals surface area contributed by atoms with E-state index in [1.807, 2.05) is 36.4 Å². The van der Waals surface area contributed by atoms with Crippen molar-refractivity contribution in [1.82, 2.24) is 4.90 Å². The largest absolute Gasteiger partial charge is 0.493 e. The monoisotopic (exact) mass is 509 g/mol. The Kier molecular flexibility index (Phi) is 9.17. The molecule has 1 aliphatic heterocycles. The summed E-state index contributed by atoms with van der Waals surface area (Å²) in [6.45, 7) is 4.09. The molecule has 1 N–H and O–H groups in total. The van der Waals surface area contributed by atoms with Gasteiger partial charge in [0.05, 0.1) is 19.8 Å². The molecule has 1 aliphatic rings. The molecule has 0 aliphatic carbocycles. The first-order valence-corrected chi connectivity index (χ1v) is 13.1. The first-order valence-electron chi connectivity index (χ1n) is 13.1. The molecule has 3 aromatic carbocycles. The van der Waals surface area contributed by atoms with Gasteiger partial charge in [0.15, 0.2) is 11.5 Å². The zero-order valence-electron chi connectivity index (χ0n) is 21.8. The van der Waals surface area contributed by atoms with Gasteiger partial charge in [0.2, 0.25) is 0 Å². The third-order valence-electron chi connectivity index (χ3n) is 7.38. The fourth-order valence-electron chi connectivity index (χ4n) is 5.43. The van der Waals surface area contributed by atoms with Crippen LogP contribution in [-0.4, -0.2) is 42.4 Å². The summed E-state index contributed by atoms with van der Waals surface area (Å²) in [4.78, 5) is 2.56. The highest BCUT2D eigenvalue weighted by Gasteiger charge is 2.38. The Hall–Kier alpha value is -2.96. The number of nitrogens with zero attached hydrogens (tertiary/aromatic N) is 1. The lowest BCUT2D eigenvalue weighted by atomic mass is 9.76. The molecule has 0 bridgehead atoms. The molecule has 1 heterocycles. The maximum atomic E-state index is 13.6. The number of aliphatic hydroxyl groups is 1. The molecular weight excluding hydrogens is 472 g/mol. The number of methoxy groups -OCH3 is 1. The van der Waals surface area contributed by atoms with Crippen LogP contribution in [0.15, 0.2) is 66.7 Å². The van der Waals surface area contributed by atoms with Crippen molar-refractivity contribution in [2.24, 2.45) is 0 Å². The van der Waals surface area contributed by atoms with Gasteiger partial charge >= 0.3 is 0 Å². The van der Waals surface area contributed by atoms with Gasteiger partial charge in [-0.2, -0.15) is 0 Å². The smallest absolute Gasteiger partial charge is 0.161 e. The van der Waals surface area contributed by atoms with E-state index in [0.717, 1.165) is 68.3 Å². The van der Waals surface area contributed by atoms with Crippen LogP contribution in [0.4, 0.5) is 8.78 Å². The summed E-state index contributed by atoms with van der Waals surface area (Å²) in [5.74, 6) is 0.810. The molecule has 1 atom stereocenters. The van der Waals surface area contributed by atoms with Crippen molar-refractivity contribution in [2.45, 2.75) is 57.1 Å². The predicted molar refractivity (Wildman–Crippen MR) is 142 cm³/mol. The fraction of sp³-hybridized carbons (Fsp3) is 0.419. The van der Waals surface area contributed by atoms with Gasteiger partial charge in [-0.3, -0.25) is 4.90 Å². The van der Waals surface area contributed by atoms with Gasteiger partial charge < -0.3 is 14.6 Å². The Balaban J connectivity index is 1.48. The van der Waals surface area contributed by atoms with Crippen LogP contribution in [0.3, 0.4) is 0 Å². The van der Waals surface area contributed by atoms with E-state index in [4.69, 9.17) is 9.47 Å². The fourth-order valence-corrected chi connectivity index (χ4v) is 5.43. The minimum atomic E-state index is -0.572. The quantitative estimate of drug-likeness (QED) is 0.300. The number of benzene rings is 3. The van der Waals surface area contributed by atoms with Crippen molar-refractivity contribution < 1.29 is 23.4 Å². The highest BCUT2D eigenvalue weighted by Crippen LogP contribution is 2.36. The van der Waals surface area contributed by atoms with Gasteiger partial charge in [0.1, 0.15) is 11.6 Å². The Morgan fingerprint density at radius 3 is 2.08 bits per heavy atom. The molecule has 37 heavy (non-hydrogen) atoms. The third kappa shape index (κ3) is 7.08. The minimum absolute atomic E-state index is 0.134. The van der Waals surface area contributed by atoms with Crippen molar-refractivity contribution in [3.8, 4) is 11.5 Å². The maximum absolute atomic E-state index is 13.6. The standard InChI is InChI=1S/C31H37F2NO3/c1-23(35)26-10-15-29(30(20-26)36-2)37-19-5-18-34-17-4-3-16-31(34,21-24-6-11-27(32)12-7-24)22-25-8-13-28(33)14-9-25/h6-15,20,23,35H,3-5,16-19,21-22H2,1-2H3. The molecule has 0 saturated carbocycles. The summed E-state index contributed by atoms with van der Waals surface area (Å²) < 4.78 is 38.7. The van der Waals surface area contributed by atoms with Crippen molar-refractivity contribution >= 4 is 0 Å². The van der Waals surface area contributed by atoms with Crippen molar-refractivity contribution in [3.63, 3.8) is 0 Å². The van der Waals surface area contributed by atoms with Gasteiger partial charge in [0.25, 0.3) is 0 Å². The average molecular weight is 510 g/mol. The van der Waals surface area contributed by atoms with Crippen LogP contribution in [0, 0.1) is 11.6 Å². The second-order valence-electron chi connectivity index (χ2n) is 10.1. The first-order chi connectivity index (χ1) is 17.9.